The standard InChI is InChI=1S/C10H17N5O3/c1-7(2)15(5-4-8(16)17)10(18)13-9-11-6-12-14(9)3/h6-7H,4-5H2,1-3H3,(H,16,17)(H,11,12,13,18). The predicted octanol–water partition coefficient (Wildman–Crippen LogP) is 0.532. The molecule has 1 aromatic heterocycles. The third-order valence-corrected chi connectivity index (χ3v) is 2.38. The first-order valence-electron chi connectivity index (χ1n) is 5.55. The molecule has 0 radical (unpaired) electrons. The fraction of sp³-hybridized carbons (Fsp3) is 0.600. The smallest absolute Gasteiger partial charge is 0.324 e. The van der Waals surface area contributed by atoms with Crippen molar-refractivity contribution >= 4 is 17.9 Å². The Labute approximate surface area is 105 Å². The monoisotopic (exact) mass is 255 g/mol. The first-order chi connectivity index (χ1) is 8.41. The molecule has 8 nitrogen and oxygen atoms in total. The Hall–Kier alpha value is -2.12. The summed E-state index contributed by atoms with van der Waals surface area (Å²) in [5, 5.41) is 15.0. The van der Waals surface area contributed by atoms with Crippen LogP contribution >= 0.6 is 0 Å². The minimum absolute atomic E-state index is 0.0928. The summed E-state index contributed by atoms with van der Waals surface area (Å²) < 4.78 is 1.42. The molecule has 0 atom stereocenters. The van der Waals surface area contributed by atoms with Gasteiger partial charge in [0.1, 0.15) is 6.33 Å². The molecule has 0 fully saturated rings. The number of nitrogens with one attached hydrogen (secondary N) is 1. The second-order valence-electron chi connectivity index (χ2n) is 4.07. The highest BCUT2D eigenvalue weighted by Gasteiger charge is 2.19. The van der Waals surface area contributed by atoms with Crippen LogP contribution in [-0.4, -0.2) is 49.4 Å². The summed E-state index contributed by atoms with van der Waals surface area (Å²) in [5.74, 6) is -0.618. The van der Waals surface area contributed by atoms with Crippen LogP contribution in [0, 0.1) is 0 Å². The van der Waals surface area contributed by atoms with Gasteiger partial charge in [-0.2, -0.15) is 10.1 Å². The summed E-state index contributed by atoms with van der Waals surface area (Å²) >= 11 is 0. The lowest BCUT2D eigenvalue weighted by Crippen LogP contribution is -2.41. The van der Waals surface area contributed by atoms with Crippen molar-refractivity contribution in [3.8, 4) is 0 Å². The van der Waals surface area contributed by atoms with Crippen molar-refractivity contribution < 1.29 is 14.7 Å². The molecular formula is C10H17N5O3. The number of carboxylic acids is 1. The fourth-order valence-electron chi connectivity index (χ4n) is 1.39. The molecule has 0 aromatic carbocycles. The largest absolute Gasteiger partial charge is 0.481 e. The Kier molecular flexibility index (Phi) is 4.64. The van der Waals surface area contributed by atoms with E-state index in [4.69, 9.17) is 5.11 Å². The number of hydrogen-bond acceptors (Lipinski definition) is 4. The average molecular weight is 255 g/mol. The molecule has 2 amide bonds. The lowest BCUT2D eigenvalue weighted by atomic mass is 10.3. The Balaban J connectivity index is 2.65. The average Bonchev–Trinajstić information content (AvgIpc) is 2.63. The molecule has 8 heteroatoms. The van der Waals surface area contributed by atoms with E-state index in [1.807, 2.05) is 13.8 Å². The number of amides is 2. The Morgan fingerprint density at radius 2 is 2.22 bits per heavy atom. The van der Waals surface area contributed by atoms with Crippen molar-refractivity contribution in [3.63, 3.8) is 0 Å². The van der Waals surface area contributed by atoms with Gasteiger partial charge in [-0.15, -0.1) is 0 Å². The minimum atomic E-state index is -0.938. The van der Waals surface area contributed by atoms with E-state index in [1.54, 1.807) is 7.05 Å². The maximum Gasteiger partial charge on any atom is 0.324 e. The summed E-state index contributed by atoms with van der Waals surface area (Å²) in [6.07, 6.45) is 1.23. The highest BCUT2D eigenvalue weighted by Crippen LogP contribution is 2.05. The maximum absolute atomic E-state index is 12.0. The zero-order valence-electron chi connectivity index (χ0n) is 10.6. The molecule has 18 heavy (non-hydrogen) atoms. The summed E-state index contributed by atoms with van der Waals surface area (Å²) in [5.41, 5.74) is 0. The summed E-state index contributed by atoms with van der Waals surface area (Å²) in [4.78, 5) is 27.8. The zero-order valence-corrected chi connectivity index (χ0v) is 10.6. The molecule has 1 rings (SSSR count). The van der Waals surface area contributed by atoms with Crippen molar-refractivity contribution in [1.29, 1.82) is 0 Å². The van der Waals surface area contributed by atoms with E-state index in [0.717, 1.165) is 0 Å². The summed E-state index contributed by atoms with van der Waals surface area (Å²) in [6.45, 7) is 3.78. The molecule has 2 N–H and O–H groups in total. The van der Waals surface area contributed by atoms with Gasteiger partial charge in [0, 0.05) is 19.6 Å². The third kappa shape index (κ3) is 3.72. The van der Waals surface area contributed by atoms with Crippen LogP contribution in [0.1, 0.15) is 20.3 Å². The third-order valence-electron chi connectivity index (χ3n) is 2.38. The van der Waals surface area contributed by atoms with E-state index in [1.165, 1.54) is 15.9 Å². The van der Waals surface area contributed by atoms with Crippen LogP contribution in [0.5, 0.6) is 0 Å². The summed E-state index contributed by atoms with van der Waals surface area (Å²) in [7, 11) is 1.65. The normalized spacial score (nSPS) is 10.4. The number of urea groups is 1. The molecule has 0 aliphatic carbocycles. The number of hydrogen-bond donors (Lipinski definition) is 2. The quantitative estimate of drug-likeness (QED) is 0.799. The van der Waals surface area contributed by atoms with Crippen LogP contribution < -0.4 is 5.32 Å². The molecule has 0 spiro atoms. The fourth-order valence-corrected chi connectivity index (χ4v) is 1.39. The molecule has 0 unspecified atom stereocenters. The van der Waals surface area contributed by atoms with Gasteiger partial charge in [0.05, 0.1) is 6.42 Å². The van der Waals surface area contributed by atoms with Crippen LogP contribution in [0.15, 0.2) is 6.33 Å². The van der Waals surface area contributed by atoms with Crippen molar-refractivity contribution in [2.24, 2.45) is 7.05 Å². The Bertz CT molecular complexity index is 429. The number of rotatable bonds is 5. The first kappa shape index (κ1) is 13.9. The summed E-state index contributed by atoms with van der Waals surface area (Å²) in [6, 6.07) is -0.486. The number of carbonyl (C=O) groups excluding carboxylic acids is 1. The lowest BCUT2D eigenvalue weighted by molar-refractivity contribution is -0.137. The van der Waals surface area contributed by atoms with Crippen LogP contribution in [0.25, 0.3) is 0 Å². The molecule has 0 saturated carbocycles. The Morgan fingerprint density at radius 1 is 1.56 bits per heavy atom. The number of carbonyl (C=O) groups is 2. The molecule has 100 valence electrons. The number of anilines is 1. The molecule has 0 bridgehead atoms. The van der Waals surface area contributed by atoms with E-state index >= 15 is 0 Å². The maximum atomic E-state index is 12.0. The molecule has 0 aliphatic rings. The van der Waals surface area contributed by atoms with E-state index in [2.05, 4.69) is 15.4 Å². The van der Waals surface area contributed by atoms with Crippen molar-refractivity contribution in [2.75, 3.05) is 11.9 Å². The topological polar surface area (TPSA) is 100 Å². The zero-order chi connectivity index (χ0) is 13.7. The van der Waals surface area contributed by atoms with E-state index in [-0.39, 0.29) is 25.0 Å². The molecule has 0 saturated heterocycles. The van der Waals surface area contributed by atoms with Gasteiger partial charge in [-0.3, -0.25) is 10.1 Å². The van der Waals surface area contributed by atoms with Gasteiger partial charge in [-0.05, 0) is 13.8 Å². The Morgan fingerprint density at radius 3 is 2.67 bits per heavy atom. The van der Waals surface area contributed by atoms with Crippen LogP contribution in [0.3, 0.4) is 0 Å². The molecule has 1 heterocycles. The van der Waals surface area contributed by atoms with Gasteiger partial charge in [0.15, 0.2) is 0 Å². The van der Waals surface area contributed by atoms with Gasteiger partial charge >= 0.3 is 12.0 Å². The lowest BCUT2D eigenvalue weighted by Gasteiger charge is -2.25. The van der Waals surface area contributed by atoms with E-state index in [0.29, 0.717) is 5.95 Å². The number of nitrogens with zero attached hydrogens (tertiary/aromatic N) is 4. The van der Waals surface area contributed by atoms with Gasteiger partial charge < -0.3 is 10.0 Å². The second kappa shape index (κ2) is 5.99. The number of aliphatic carboxylic acids is 1. The van der Waals surface area contributed by atoms with Crippen molar-refractivity contribution in [3.05, 3.63) is 6.33 Å². The number of aryl methyl sites for hydroxylation is 1. The van der Waals surface area contributed by atoms with Gasteiger partial charge in [-0.25, -0.2) is 9.48 Å². The SMILES string of the molecule is CC(C)N(CCC(=O)O)C(=O)Nc1ncnn1C. The second-order valence-corrected chi connectivity index (χ2v) is 4.07. The van der Waals surface area contributed by atoms with Crippen molar-refractivity contribution in [1.82, 2.24) is 19.7 Å². The van der Waals surface area contributed by atoms with Crippen LogP contribution in [0.2, 0.25) is 0 Å². The molecule has 1 aromatic rings. The predicted molar refractivity (Wildman–Crippen MR) is 64.1 cm³/mol. The van der Waals surface area contributed by atoms with E-state index in [9.17, 15) is 9.59 Å². The highest BCUT2D eigenvalue weighted by atomic mass is 16.4. The minimum Gasteiger partial charge on any atom is -0.481 e. The van der Waals surface area contributed by atoms with Gasteiger partial charge in [-0.1, -0.05) is 0 Å². The number of aromatic nitrogens is 3. The van der Waals surface area contributed by atoms with Crippen LogP contribution in [-0.2, 0) is 11.8 Å². The van der Waals surface area contributed by atoms with Gasteiger partial charge in [0.25, 0.3) is 0 Å². The molecule has 0 aliphatic heterocycles. The first-order valence-corrected chi connectivity index (χ1v) is 5.55. The van der Waals surface area contributed by atoms with E-state index < -0.39 is 5.97 Å². The van der Waals surface area contributed by atoms with Crippen LogP contribution in [0.4, 0.5) is 10.7 Å². The number of carboxylic acid groups (broad SMARTS) is 1. The van der Waals surface area contributed by atoms with Crippen molar-refractivity contribution in [2.45, 2.75) is 26.3 Å². The van der Waals surface area contributed by atoms with Gasteiger partial charge in [0.2, 0.25) is 5.95 Å². The molecular weight excluding hydrogens is 238 g/mol. The highest BCUT2D eigenvalue weighted by molar-refractivity contribution is 5.88.